The topological polar surface area (TPSA) is 69.7 Å². The number of carbonyl (C=O) groups is 1. The molecule has 0 fully saturated rings. The second-order valence-corrected chi connectivity index (χ2v) is 9.59. The molecule has 0 radical (unpaired) electrons. The van der Waals surface area contributed by atoms with E-state index in [9.17, 15) is 17.6 Å². The molecule has 0 bridgehead atoms. The zero-order chi connectivity index (χ0) is 23.0. The smallest absolute Gasteiger partial charge is 0.254 e. The molecular formula is C23H32FN3O3S. The molecule has 0 atom stereocenters. The van der Waals surface area contributed by atoms with Gasteiger partial charge in [-0.2, -0.15) is 0 Å². The Labute approximate surface area is 185 Å². The van der Waals surface area contributed by atoms with E-state index >= 15 is 0 Å². The van der Waals surface area contributed by atoms with Crippen LogP contribution in [0.3, 0.4) is 0 Å². The number of unbranched alkanes of at least 4 members (excludes halogenated alkanes) is 1. The van der Waals surface area contributed by atoms with Gasteiger partial charge in [0.1, 0.15) is 5.82 Å². The largest absolute Gasteiger partial charge is 0.377 e. The third-order valence-electron chi connectivity index (χ3n) is 4.83. The number of carbonyl (C=O) groups excluding carboxylic acids is 1. The van der Waals surface area contributed by atoms with Crippen molar-refractivity contribution in [2.24, 2.45) is 0 Å². The highest BCUT2D eigenvalue weighted by atomic mass is 32.2. The molecule has 2 aromatic rings. The van der Waals surface area contributed by atoms with Crippen LogP contribution in [-0.4, -0.2) is 45.6 Å². The van der Waals surface area contributed by atoms with Crippen LogP contribution in [0, 0.1) is 5.82 Å². The van der Waals surface area contributed by atoms with Gasteiger partial charge in [-0.1, -0.05) is 20.3 Å². The Morgan fingerprint density at radius 3 is 2.29 bits per heavy atom. The molecular weight excluding hydrogens is 417 g/mol. The van der Waals surface area contributed by atoms with Crippen molar-refractivity contribution >= 4 is 27.3 Å². The van der Waals surface area contributed by atoms with Crippen LogP contribution < -0.4 is 9.62 Å². The number of hydrogen-bond donors (Lipinski definition) is 1. The molecule has 31 heavy (non-hydrogen) atoms. The van der Waals surface area contributed by atoms with Gasteiger partial charge in [-0.15, -0.1) is 0 Å². The normalized spacial score (nSPS) is 11.3. The van der Waals surface area contributed by atoms with E-state index in [1.165, 1.54) is 24.3 Å². The summed E-state index contributed by atoms with van der Waals surface area (Å²) in [5.41, 5.74) is 2.61. The van der Waals surface area contributed by atoms with Crippen LogP contribution in [0.15, 0.2) is 42.5 Å². The molecule has 1 amide bonds. The van der Waals surface area contributed by atoms with Crippen molar-refractivity contribution in [3.8, 4) is 0 Å². The third-order valence-corrected chi connectivity index (χ3v) is 6.21. The van der Waals surface area contributed by atoms with Crippen molar-refractivity contribution in [1.82, 2.24) is 4.90 Å². The lowest BCUT2D eigenvalue weighted by Crippen LogP contribution is -2.32. The van der Waals surface area contributed by atoms with Gasteiger partial charge >= 0.3 is 0 Å². The zero-order valence-electron chi connectivity index (χ0n) is 18.7. The van der Waals surface area contributed by atoms with E-state index in [0.717, 1.165) is 24.1 Å². The summed E-state index contributed by atoms with van der Waals surface area (Å²) in [4.78, 5) is 16.7. The number of nitrogens with one attached hydrogen (secondary N) is 1. The maximum Gasteiger partial charge on any atom is 0.254 e. The van der Waals surface area contributed by atoms with E-state index in [1.54, 1.807) is 17.0 Å². The van der Waals surface area contributed by atoms with E-state index in [2.05, 4.69) is 4.72 Å². The van der Waals surface area contributed by atoms with Crippen LogP contribution >= 0.6 is 0 Å². The lowest BCUT2D eigenvalue weighted by Gasteiger charge is -2.26. The fourth-order valence-corrected chi connectivity index (χ4v) is 4.54. The minimum absolute atomic E-state index is 0.0687. The van der Waals surface area contributed by atoms with E-state index in [4.69, 9.17) is 0 Å². The van der Waals surface area contributed by atoms with Crippen molar-refractivity contribution in [1.29, 1.82) is 0 Å². The molecule has 2 aromatic carbocycles. The molecule has 2 rings (SSSR count). The number of hydrogen-bond acceptors (Lipinski definition) is 4. The quantitative estimate of drug-likeness (QED) is 0.549. The summed E-state index contributed by atoms with van der Waals surface area (Å²) in [6, 6.07) is 10.9. The Balaban J connectivity index is 2.33. The van der Waals surface area contributed by atoms with Gasteiger partial charge in [-0.3, -0.25) is 9.52 Å². The first kappa shape index (κ1) is 24.7. The average molecular weight is 450 g/mol. The van der Waals surface area contributed by atoms with Crippen LogP contribution in [0.5, 0.6) is 0 Å². The summed E-state index contributed by atoms with van der Waals surface area (Å²) in [6.45, 7) is 4.76. The summed E-state index contributed by atoms with van der Waals surface area (Å²) >= 11 is 0. The SMILES string of the molecule is CCCCS(=O)(=O)Nc1ccc(N(C)C)c(CN(CCC)C(=O)c2ccc(F)cc2)c1. The highest BCUT2D eigenvalue weighted by molar-refractivity contribution is 7.92. The summed E-state index contributed by atoms with van der Waals surface area (Å²) in [6.07, 6.45) is 2.14. The Morgan fingerprint density at radius 2 is 1.71 bits per heavy atom. The second-order valence-electron chi connectivity index (χ2n) is 7.75. The minimum atomic E-state index is -3.43. The van der Waals surface area contributed by atoms with Gasteiger partial charge in [0.25, 0.3) is 5.91 Å². The first-order valence-electron chi connectivity index (χ1n) is 10.5. The van der Waals surface area contributed by atoms with E-state index in [-0.39, 0.29) is 11.7 Å². The summed E-state index contributed by atoms with van der Waals surface area (Å²) in [5.74, 6) is -0.517. The van der Waals surface area contributed by atoms with Crippen molar-refractivity contribution in [3.05, 3.63) is 59.4 Å². The molecule has 0 aliphatic carbocycles. The van der Waals surface area contributed by atoms with Crippen LogP contribution in [0.2, 0.25) is 0 Å². The van der Waals surface area contributed by atoms with Gasteiger partial charge in [0.15, 0.2) is 0 Å². The highest BCUT2D eigenvalue weighted by Crippen LogP contribution is 2.26. The maximum absolute atomic E-state index is 13.3. The van der Waals surface area contributed by atoms with E-state index < -0.39 is 15.8 Å². The van der Waals surface area contributed by atoms with Crippen molar-refractivity contribution in [3.63, 3.8) is 0 Å². The number of benzene rings is 2. The van der Waals surface area contributed by atoms with Gasteiger partial charge in [0.2, 0.25) is 10.0 Å². The van der Waals surface area contributed by atoms with E-state index in [1.807, 2.05) is 38.9 Å². The molecule has 8 heteroatoms. The van der Waals surface area contributed by atoms with Gasteiger partial charge < -0.3 is 9.80 Å². The highest BCUT2D eigenvalue weighted by Gasteiger charge is 2.19. The third kappa shape index (κ3) is 7.24. The van der Waals surface area contributed by atoms with Crippen molar-refractivity contribution in [2.75, 3.05) is 36.0 Å². The number of sulfonamides is 1. The molecule has 0 aromatic heterocycles. The lowest BCUT2D eigenvalue weighted by molar-refractivity contribution is 0.0743. The van der Waals surface area contributed by atoms with Crippen LogP contribution in [0.4, 0.5) is 15.8 Å². The number of anilines is 2. The molecule has 6 nitrogen and oxygen atoms in total. The average Bonchev–Trinajstić information content (AvgIpc) is 2.71. The number of nitrogens with zero attached hydrogens (tertiary/aromatic N) is 2. The molecule has 170 valence electrons. The Bertz CT molecular complexity index is 976. The van der Waals surface area contributed by atoms with Crippen LogP contribution in [-0.2, 0) is 16.6 Å². The zero-order valence-corrected chi connectivity index (χ0v) is 19.5. The van der Waals surface area contributed by atoms with Gasteiger partial charge in [-0.05, 0) is 60.9 Å². The van der Waals surface area contributed by atoms with Crippen LogP contribution in [0.25, 0.3) is 0 Å². The molecule has 0 aliphatic heterocycles. The molecule has 0 spiro atoms. The molecule has 0 saturated heterocycles. The fourth-order valence-electron chi connectivity index (χ4n) is 3.28. The minimum Gasteiger partial charge on any atom is -0.377 e. The number of amides is 1. The molecule has 1 N–H and O–H groups in total. The van der Waals surface area contributed by atoms with Crippen molar-refractivity contribution in [2.45, 2.75) is 39.7 Å². The first-order chi connectivity index (χ1) is 14.7. The number of rotatable bonds is 11. The fraction of sp³-hybridized carbons (Fsp3) is 0.435. The lowest BCUT2D eigenvalue weighted by atomic mass is 10.1. The van der Waals surface area contributed by atoms with Gasteiger partial charge in [0.05, 0.1) is 5.75 Å². The monoisotopic (exact) mass is 449 g/mol. The Kier molecular flexibility index (Phi) is 8.86. The molecule has 0 saturated carbocycles. The molecule has 0 heterocycles. The predicted octanol–water partition coefficient (Wildman–Crippen LogP) is 4.49. The number of halogens is 1. The van der Waals surface area contributed by atoms with Gasteiger partial charge in [-0.25, -0.2) is 12.8 Å². The Morgan fingerprint density at radius 1 is 1.03 bits per heavy atom. The van der Waals surface area contributed by atoms with Crippen molar-refractivity contribution < 1.29 is 17.6 Å². The van der Waals surface area contributed by atoms with Gasteiger partial charge in [0, 0.05) is 44.1 Å². The molecule has 0 aliphatic rings. The molecule has 0 unspecified atom stereocenters. The maximum atomic E-state index is 13.3. The summed E-state index contributed by atoms with van der Waals surface area (Å²) < 4.78 is 40.5. The van der Waals surface area contributed by atoms with Crippen LogP contribution in [0.1, 0.15) is 49.0 Å². The Hall–Kier alpha value is -2.61. The first-order valence-corrected chi connectivity index (χ1v) is 12.2. The summed E-state index contributed by atoms with van der Waals surface area (Å²) in [5, 5.41) is 0. The summed E-state index contributed by atoms with van der Waals surface area (Å²) in [7, 11) is 0.369. The van der Waals surface area contributed by atoms with E-state index in [0.29, 0.717) is 30.8 Å². The second kappa shape index (κ2) is 11.1. The predicted molar refractivity (Wildman–Crippen MR) is 125 cm³/mol. The standard InChI is InChI=1S/C23H32FN3O3S/c1-5-7-15-31(29,30)25-21-12-13-22(26(3)4)19(16-21)17-27(14-6-2)23(28)18-8-10-20(24)11-9-18/h8-13,16,25H,5-7,14-15,17H2,1-4H3.